The Morgan fingerprint density at radius 3 is 2.85 bits per heavy atom. The van der Waals surface area contributed by atoms with Gasteiger partial charge in [-0.3, -0.25) is 4.79 Å². The van der Waals surface area contributed by atoms with Crippen LogP contribution >= 0.6 is 0 Å². The molecule has 6 nitrogen and oxygen atoms in total. The summed E-state index contributed by atoms with van der Waals surface area (Å²) in [7, 11) is 1.68. The zero-order valence-electron chi connectivity index (χ0n) is 7.33. The third-order valence-electron chi connectivity index (χ3n) is 1.89. The van der Waals surface area contributed by atoms with E-state index in [1.54, 1.807) is 14.0 Å². The molecule has 0 aliphatic carbocycles. The minimum absolute atomic E-state index is 0.214. The molecule has 2 aromatic heterocycles. The zero-order valence-corrected chi connectivity index (χ0v) is 7.33. The average Bonchev–Trinajstić information content (AvgIpc) is 2.27. The Kier molecular flexibility index (Phi) is 1.39. The summed E-state index contributed by atoms with van der Waals surface area (Å²) >= 11 is 0. The van der Waals surface area contributed by atoms with Crippen molar-refractivity contribution in [1.29, 1.82) is 0 Å². The van der Waals surface area contributed by atoms with Crippen molar-refractivity contribution in [3.63, 3.8) is 0 Å². The Morgan fingerprint density at radius 1 is 1.46 bits per heavy atom. The first-order chi connectivity index (χ1) is 6.09. The number of fused-ring (bicyclic) bond motifs is 1. The van der Waals surface area contributed by atoms with Crippen LogP contribution in [0.1, 0.15) is 5.82 Å². The second kappa shape index (κ2) is 2.32. The minimum atomic E-state index is -0.214. The molecule has 0 aliphatic rings. The Hall–Kier alpha value is -1.85. The molecule has 0 aliphatic heterocycles. The van der Waals surface area contributed by atoms with Gasteiger partial charge in [-0.1, -0.05) is 0 Å². The summed E-state index contributed by atoms with van der Waals surface area (Å²) < 4.78 is 1.51. The van der Waals surface area contributed by atoms with Crippen LogP contribution in [0.2, 0.25) is 0 Å². The van der Waals surface area contributed by atoms with E-state index in [1.807, 2.05) is 0 Å². The number of H-pyrrole nitrogens is 1. The number of nitrogens with two attached hydrogens (primary N) is 1. The SMILES string of the molecule is Cc1nc2nc(N)n(C)c2c(=O)[nH]1. The molecule has 2 heterocycles. The lowest BCUT2D eigenvalue weighted by Gasteiger charge is -1.94. The number of aromatic amines is 1. The molecule has 0 fully saturated rings. The van der Waals surface area contributed by atoms with Crippen molar-refractivity contribution in [2.75, 3.05) is 5.73 Å². The maximum Gasteiger partial charge on any atom is 0.277 e. The summed E-state index contributed by atoms with van der Waals surface area (Å²) in [6.07, 6.45) is 0. The molecule has 0 amide bonds. The lowest BCUT2D eigenvalue weighted by molar-refractivity contribution is 0.949. The van der Waals surface area contributed by atoms with Crippen LogP contribution in [0.15, 0.2) is 4.79 Å². The lowest BCUT2D eigenvalue weighted by atomic mass is 10.5. The molecule has 0 spiro atoms. The van der Waals surface area contributed by atoms with Crippen molar-refractivity contribution < 1.29 is 0 Å². The van der Waals surface area contributed by atoms with E-state index in [4.69, 9.17) is 5.73 Å². The van der Waals surface area contributed by atoms with Crippen LogP contribution in [0.25, 0.3) is 11.2 Å². The van der Waals surface area contributed by atoms with Crippen LogP contribution in [-0.4, -0.2) is 19.5 Å². The summed E-state index contributed by atoms with van der Waals surface area (Å²) in [5.74, 6) is 0.828. The average molecular weight is 179 g/mol. The lowest BCUT2D eigenvalue weighted by Crippen LogP contribution is -2.12. The standard InChI is InChI=1S/C7H9N5O/c1-3-9-5-4(6(13)10-3)12(2)7(8)11-5/h1-2H3,(H3,8,9,10,11,13). The summed E-state index contributed by atoms with van der Waals surface area (Å²) in [6.45, 7) is 1.70. The Bertz CT molecular complexity index is 523. The van der Waals surface area contributed by atoms with E-state index in [9.17, 15) is 4.79 Å². The quantitative estimate of drug-likeness (QED) is 0.573. The van der Waals surface area contributed by atoms with Crippen molar-refractivity contribution in [3.8, 4) is 0 Å². The first-order valence-electron chi connectivity index (χ1n) is 3.78. The van der Waals surface area contributed by atoms with Crippen molar-refractivity contribution >= 4 is 17.1 Å². The number of aromatic nitrogens is 4. The number of rotatable bonds is 0. The van der Waals surface area contributed by atoms with Gasteiger partial charge in [-0.25, -0.2) is 4.98 Å². The number of nitrogen functional groups attached to an aromatic ring is 1. The fourth-order valence-electron chi connectivity index (χ4n) is 1.24. The summed E-state index contributed by atoms with van der Waals surface area (Å²) in [4.78, 5) is 22.0. The van der Waals surface area contributed by atoms with Gasteiger partial charge in [-0.05, 0) is 6.92 Å². The van der Waals surface area contributed by atoms with Crippen LogP contribution in [0.5, 0.6) is 0 Å². The fourth-order valence-corrected chi connectivity index (χ4v) is 1.24. The van der Waals surface area contributed by atoms with Gasteiger partial charge < -0.3 is 15.3 Å². The molecule has 2 aromatic rings. The number of aryl methyl sites for hydroxylation is 2. The molecular formula is C7H9N5O. The molecule has 0 unspecified atom stereocenters. The van der Waals surface area contributed by atoms with Crippen molar-refractivity contribution in [3.05, 3.63) is 16.2 Å². The molecule has 0 bridgehead atoms. The Balaban J connectivity index is 3.03. The highest BCUT2D eigenvalue weighted by Crippen LogP contribution is 2.08. The van der Waals surface area contributed by atoms with Crippen LogP contribution in [-0.2, 0) is 7.05 Å². The van der Waals surface area contributed by atoms with E-state index in [1.165, 1.54) is 4.57 Å². The highest BCUT2D eigenvalue weighted by atomic mass is 16.1. The van der Waals surface area contributed by atoms with Gasteiger partial charge in [0.25, 0.3) is 5.56 Å². The predicted octanol–water partition coefficient (Wildman–Crippen LogP) is -0.453. The molecular weight excluding hydrogens is 170 g/mol. The van der Waals surface area contributed by atoms with Gasteiger partial charge in [0.1, 0.15) is 5.82 Å². The van der Waals surface area contributed by atoms with Crippen molar-refractivity contribution in [2.24, 2.45) is 7.05 Å². The normalized spacial score (nSPS) is 10.9. The van der Waals surface area contributed by atoms with Gasteiger partial charge in [0.2, 0.25) is 5.95 Å². The summed E-state index contributed by atoms with van der Waals surface area (Å²) in [5.41, 5.74) is 6.11. The molecule has 0 radical (unpaired) electrons. The fraction of sp³-hybridized carbons (Fsp3) is 0.286. The number of nitrogens with zero attached hydrogens (tertiary/aromatic N) is 3. The highest BCUT2D eigenvalue weighted by Gasteiger charge is 2.09. The minimum Gasteiger partial charge on any atom is -0.369 e. The van der Waals surface area contributed by atoms with E-state index < -0.39 is 0 Å². The largest absolute Gasteiger partial charge is 0.369 e. The van der Waals surface area contributed by atoms with Gasteiger partial charge >= 0.3 is 0 Å². The molecule has 13 heavy (non-hydrogen) atoms. The van der Waals surface area contributed by atoms with Crippen molar-refractivity contribution in [2.45, 2.75) is 6.92 Å². The van der Waals surface area contributed by atoms with E-state index in [2.05, 4.69) is 15.0 Å². The van der Waals surface area contributed by atoms with E-state index in [0.717, 1.165) is 0 Å². The maximum atomic E-state index is 11.4. The number of hydrogen-bond acceptors (Lipinski definition) is 4. The number of nitrogens with one attached hydrogen (secondary N) is 1. The smallest absolute Gasteiger partial charge is 0.277 e. The topological polar surface area (TPSA) is 89.6 Å². The highest BCUT2D eigenvalue weighted by molar-refractivity contribution is 5.72. The van der Waals surface area contributed by atoms with E-state index >= 15 is 0 Å². The molecule has 3 N–H and O–H groups in total. The molecule has 0 saturated heterocycles. The maximum absolute atomic E-state index is 11.4. The molecule has 0 aromatic carbocycles. The molecule has 2 rings (SSSR count). The Morgan fingerprint density at radius 2 is 2.15 bits per heavy atom. The second-order valence-electron chi connectivity index (χ2n) is 2.85. The van der Waals surface area contributed by atoms with E-state index in [0.29, 0.717) is 22.9 Å². The first-order valence-corrected chi connectivity index (χ1v) is 3.78. The predicted molar refractivity (Wildman–Crippen MR) is 48.3 cm³/mol. The summed E-state index contributed by atoms with van der Waals surface area (Å²) in [5, 5.41) is 0. The monoisotopic (exact) mass is 179 g/mol. The van der Waals surface area contributed by atoms with Crippen LogP contribution < -0.4 is 11.3 Å². The van der Waals surface area contributed by atoms with Crippen molar-refractivity contribution in [1.82, 2.24) is 19.5 Å². The van der Waals surface area contributed by atoms with Crippen LogP contribution in [0.4, 0.5) is 5.95 Å². The first kappa shape index (κ1) is 7.78. The number of imidazole rings is 1. The third kappa shape index (κ3) is 0.986. The van der Waals surface area contributed by atoms with Gasteiger partial charge in [0, 0.05) is 7.05 Å². The zero-order chi connectivity index (χ0) is 9.59. The molecule has 0 saturated carbocycles. The van der Waals surface area contributed by atoms with Crippen LogP contribution in [0, 0.1) is 6.92 Å². The van der Waals surface area contributed by atoms with Gasteiger partial charge in [-0.15, -0.1) is 0 Å². The van der Waals surface area contributed by atoms with Gasteiger partial charge in [0.05, 0.1) is 0 Å². The van der Waals surface area contributed by atoms with Gasteiger partial charge in [0.15, 0.2) is 11.2 Å². The second-order valence-corrected chi connectivity index (χ2v) is 2.85. The molecule has 0 atom stereocenters. The Labute approximate surface area is 73.4 Å². The number of hydrogen-bond donors (Lipinski definition) is 2. The van der Waals surface area contributed by atoms with Gasteiger partial charge in [-0.2, -0.15) is 4.98 Å². The molecule has 6 heteroatoms. The third-order valence-corrected chi connectivity index (χ3v) is 1.89. The van der Waals surface area contributed by atoms with Crippen LogP contribution in [0.3, 0.4) is 0 Å². The summed E-state index contributed by atoms with van der Waals surface area (Å²) in [6, 6.07) is 0. The van der Waals surface area contributed by atoms with E-state index in [-0.39, 0.29) is 5.56 Å². The molecule has 68 valence electrons. The number of anilines is 1.